The third kappa shape index (κ3) is 3.97. The summed E-state index contributed by atoms with van der Waals surface area (Å²) in [6.45, 7) is 1.82. The zero-order chi connectivity index (χ0) is 17.3. The Morgan fingerprint density at radius 1 is 1.29 bits per heavy atom. The average molecular weight is 356 g/mol. The minimum absolute atomic E-state index is 0.163. The van der Waals surface area contributed by atoms with Crippen LogP contribution in [0.5, 0.6) is 0 Å². The van der Waals surface area contributed by atoms with Gasteiger partial charge in [0.05, 0.1) is 18.0 Å². The van der Waals surface area contributed by atoms with Gasteiger partial charge in [0.2, 0.25) is 10.0 Å². The summed E-state index contributed by atoms with van der Waals surface area (Å²) >= 11 is 0. The normalized spacial score (nSPS) is 18.5. The van der Waals surface area contributed by atoms with Gasteiger partial charge in [0, 0.05) is 32.4 Å². The largest absolute Gasteiger partial charge is 0.291 e. The SMILES string of the molecule is CS(=O)(=O)NC[C@H]1CN(Cc2ccc(F)c(F)c2)Cc2ccnn21. The topological polar surface area (TPSA) is 67.2 Å². The van der Waals surface area contributed by atoms with Crippen LogP contribution < -0.4 is 4.72 Å². The van der Waals surface area contributed by atoms with Gasteiger partial charge >= 0.3 is 0 Å². The Morgan fingerprint density at radius 2 is 2.08 bits per heavy atom. The van der Waals surface area contributed by atoms with Crippen molar-refractivity contribution in [3.8, 4) is 0 Å². The number of aromatic nitrogens is 2. The molecule has 6 nitrogen and oxygen atoms in total. The molecule has 2 aromatic rings. The second kappa shape index (κ2) is 6.58. The van der Waals surface area contributed by atoms with E-state index in [1.165, 1.54) is 6.07 Å². The van der Waals surface area contributed by atoms with Crippen molar-refractivity contribution in [1.29, 1.82) is 0 Å². The van der Waals surface area contributed by atoms with E-state index in [-0.39, 0.29) is 12.6 Å². The molecule has 0 bridgehead atoms. The van der Waals surface area contributed by atoms with Crippen LogP contribution in [0.15, 0.2) is 30.5 Å². The molecule has 1 atom stereocenters. The maximum absolute atomic E-state index is 13.4. The van der Waals surface area contributed by atoms with E-state index >= 15 is 0 Å². The first-order valence-corrected chi connectivity index (χ1v) is 9.34. The van der Waals surface area contributed by atoms with Crippen molar-refractivity contribution >= 4 is 10.0 Å². The summed E-state index contributed by atoms with van der Waals surface area (Å²) in [6, 6.07) is 5.55. The molecule has 0 saturated heterocycles. The monoisotopic (exact) mass is 356 g/mol. The molecule has 0 fully saturated rings. The zero-order valence-electron chi connectivity index (χ0n) is 13.1. The van der Waals surface area contributed by atoms with E-state index in [2.05, 4.69) is 14.7 Å². The first kappa shape index (κ1) is 17.0. The summed E-state index contributed by atoms with van der Waals surface area (Å²) in [5.41, 5.74) is 1.61. The van der Waals surface area contributed by atoms with Crippen LogP contribution in [-0.4, -0.2) is 42.4 Å². The van der Waals surface area contributed by atoms with Crippen LogP contribution >= 0.6 is 0 Å². The maximum atomic E-state index is 13.4. The van der Waals surface area contributed by atoms with E-state index < -0.39 is 21.7 Å². The van der Waals surface area contributed by atoms with Gasteiger partial charge in [-0.3, -0.25) is 9.58 Å². The number of sulfonamides is 1. The number of nitrogens with one attached hydrogen (secondary N) is 1. The van der Waals surface area contributed by atoms with Crippen LogP contribution in [0.3, 0.4) is 0 Å². The van der Waals surface area contributed by atoms with Crippen molar-refractivity contribution in [3.05, 3.63) is 53.4 Å². The molecule has 0 saturated carbocycles. The lowest BCUT2D eigenvalue weighted by atomic mass is 10.1. The van der Waals surface area contributed by atoms with Crippen LogP contribution in [0.1, 0.15) is 17.3 Å². The molecule has 130 valence electrons. The molecule has 1 N–H and O–H groups in total. The summed E-state index contributed by atoms with van der Waals surface area (Å²) in [5.74, 6) is -1.74. The molecule has 0 radical (unpaired) electrons. The predicted octanol–water partition coefficient (Wildman–Crippen LogP) is 1.27. The third-order valence-electron chi connectivity index (χ3n) is 3.92. The van der Waals surface area contributed by atoms with Gasteiger partial charge in [0.15, 0.2) is 11.6 Å². The Bertz CT molecular complexity index is 838. The van der Waals surface area contributed by atoms with Gasteiger partial charge in [0.25, 0.3) is 0 Å². The molecule has 0 aliphatic carbocycles. The standard InChI is InChI=1S/C15H18F2N4O2S/c1-24(22,23)19-7-13-10-20(9-12-4-5-18-21(12)13)8-11-2-3-14(16)15(17)6-11/h2-6,13,19H,7-10H2,1H3/t13-/m0/s1. The smallest absolute Gasteiger partial charge is 0.208 e. The van der Waals surface area contributed by atoms with E-state index in [1.807, 2.05) is 6.07 Å². The van der Waals surface area contributed by atoms with E-state index in [1.54, 1.807) is 16.9 Å². The molecule has 1 aromatic heterocycles. The Balaban J connectivity index is 1.75. The van der Waals surface area contributed by atoms with Gasteiger partial charge in [-0.05, 0) is 23.8 Å². The Morgan fingerprint density at radius 3 is 2.79 bits per heavy atom. The number of halogens is 2. The lowest BCUT2D eigenvalue weighted by molar-refractivity contribution is 0.168. The molecular formula is C15H18F2N4O2S. The second-order valence-corrected chi connectivity index (χ2v) is 7.79. The zero-order valence-corrected chi connectivity index (χ0v) is 13.9. The molecule has 0 spiro atoms. The number of fused-ring (bicyclic) bond motifs is 1. The molecule has 3 rings (SSSR count). The van der Waals surface area contributed by atoms with Crippen molar-refractivity contribution in [2.24, 2.45) is 0 Å². The van der Waals surface area contributed by atoms with Crippen molar-refractivity contribution in [2.45, 2.75) is 19.1 Å². The van der Waals surface area contributed by atoms with Crippen molar-refractivity contribution in [2.75, 3.05) is 19.3 Å². The summed E-state index contributed by atoms with van der Waals surface area (Å²) in [4.78, 5) is 2.05. The average Bonchev–Trinajstić information content (AvgIpc) is 2.96. The highest BCUT2D eigenvalue weighted by atomic mass is 32.2. The molecule has 9 heteroatoms. The molecule has 24 heavy (non-hydrogen) atoms. The van der Waals surface area contributed by atoms with Crippen LogP contribution in [0, 0.1) is 11.6 Å². The number of hydrogen-bond donors (Lipinski definition) is 1. The second-order valence-electron chi connectivity index (χ2n) is 5.96. The molecule has 1 aliphatic rings. The van der Waals surface area contributed by atoms with E-state index in [4.69, 9.17) is 0 Å². The molecular weight excluding hydrogens is 338 g/mol. The van der Waals surface area contributed by atoms with Crippen LogP contribution in [-0.2, 0) is 23.1 Å². The van der Waals surface area contributed by atoms with Gasteiger partial charge < -0.3 is 0 Å². The Kier molecular flexibility index (Phi) is 4.66. The van der Waals surface area contributed by atoms with Gasteiger partial charge in [-0.25, -0.2) is 21.9 Å². The Hall–Kier alpha value is -1.84. The highest BCUT2D eigenvalue weighted by molar-refractivity contribution is 7.88. The fraction of sp³-hybridized carbons (Fsp3) is 0.400. The summed E-state index contributed by atoms with van der Waals surface area (Å²) in [6.07, 6.45) is 2.78. The number of rotatable bonds is 5. The first-order chi connectivity index (χ1) is 11.3. The van der Waals surface area contributed by atoms with Gasteiger partial charge in [-0.2, -0.15) is 5.10 Å². The van der Waals surface area contributed by atoms with E-state index in [0.29, 0.717) is 25.2 Å². The van der Waals surface area contributed by atoms with Crippen LogP contribution in [0.2, 0.25) is 0 Å². The highest BCUT2D eigenvalue weighted by Gasteiger charge is 2.26. The van der Waals surface area contributed by atoms with Gasteiger partial charge in [0.1, 0.15) is 0 Å². The molecule has 0 amide bonds. The summed E-state index contributed by atoms with van der Waals surface area (Å²) in [7, 11) is -3.30. The lowest BCUT2D eigenvalue weighted by Gasteiger charge is -2.34. The molecule has 2 heterocycles. The molecule has 1 aliphatic heterocycles. The van der Waals surface area contributed by atoms with Gasteiger partial charge in [-0.15, -0.1) is 0 Å². The number of nitrogens with zero attached hydrogens (tertiary/aromatic N) is 3. The van der Waals surface area contributed by atoms with Crippen molar-refractivity contribution < 1.29 is 17.2 Å². The minimum Gasteiger partial charge on any atom is -0.291 e. The molecule has 0 unspecified atom stereocenters. The number of hydrogen-bond acceptors (Lipinski definition) is 4. The first-order valence-electron chi connectivity index (χ1n) is 7.45. The maximum Gasteiger partial charge on any atom is 0.208 e. The van der Waals surface area contributed by atoms with Crippen molar-refractivity contribution in [3.63, 3.8) is 0 Å². The Labute approximate surface area is 139 Å². The minimum atomic E-state index is -3.30. The third-order valence-corrected chi connectivity index (χ3v) is 4.62. The number of benzene rings is 1. The summed E-state index contributed by atoms with van der Waals surface area (Å²) in [5, 5.41) is 4.25. The van der Waals surface area contributed by atoms with E-state index in [0.717, 1.165) is 18.0 Å². The lowest BCUT2D eigenvalue weighted by Crippen LogP contribution is -2.42. The van der Waals surface area contributed by atoms with Gasteiger partial charge in [-0.1, -0.05) is 6.07 Å². The molecule has 1 aromatic carbocycles. The fourth-order valence-electron chi connectivity index (χ4n) is 2.88. The van der Waals surface area contributed by atoms with Crippen LogP contribution in [0.4, 0.5) is 8.78 Å². The summed E-state index contributed by atoms with van der Waals surface area (Å²) < 4.78 is 53.4. The highest BCUT2D eigenvalue weighted by Crippen LogP contribution is 2.22. The van der Waals surface area contributed by atoms with Crippen LogP contribution in [0.25, 0.3) is 0 Å². The quantitative estimate of drug-likeness (QED) is 0.876. The van der Waals surface area contributed by atoms with Crippen molar-refractivity contribution in [1.82, 2.24) is 19.4 Å². The van der Waals surface area contributed by atoms with E-state index in [9.17, 15) is 17.2 Å². The predicted molar refractivity (Wildman–Crippen MR) is 84.6 cm³/mol. The fourth-order valence-corrected chi connectivity index (χ4v) is 3.38.